The molecule has 0 saturated carbocycles. The fourth-order valence-electron chi connectivity index (χ4n) is 6.81. The first-order chi connectivity index (χ1) is 28.3. The Kier molecular flexibility index (Phi) is 42.3. The van der Waals surface area contributed by atoms with Crippen molar-refractivity contribution < 1.29 is 33.5 Å². The van der Waals surface area contributed by atoms with Crippen LogP contribution in [0.2, 0.25) is 0 Å². The van der Waals surface area contributed by atoms with Gasteiger partial charge in [-0.15, -0.1) is 0 Å². The lowest BCUT2D eigenvalue weighted by atomic mass is 10.0. The minimum Gasteiger partial charge on any atom is -0.393 e. The lowest BCUT2D eigenvalue weighted by molar-refractivity contribution is -0.124. The molecule has 4 unspecified atom stereocenters. The van der Waals surface area contributed by atoms with Gasteiger partial charge in [0, 0.05) is 6.54 Å². The summed E-state index contributed by atoms with van der Waals surface area (Å²) in [5.74, 6) is -0.464. The predicted octanol–water partition coefficient (Wildman–Crippen LogP) is 12.6. The van der Waals surface area contributed by atoms with Crippen molar-refractivity contribution in [2.45, 2.75) is 231 Å². The highest BCUT2D eigenvalue weighted by Crippen LogP contribution is 2.43. The first kappa shape index (κ1) is 56.4. The number of nitrogens with two attached hydrogens (primary N) is 1. The summed E-state index contributed by atoms with van der Waals surface area (Å²) in [5.41, 5.74) is 5.37. The molecule has 0 aromatic carbocycles. The number of nitrogens with one attached hydrogen (secondary N) is 1. The molecule has 0 aliphatic rings. The largest absolute Gasteiger partial charge is 0.472 e. The van der Waals surface area contributed by atoms with E-state index in [2.05, 4.69) is 55.6 Å². The fraction of sp³-hybridized carbons (Fsp3) is 0.812. The number of phosphoric acid groups is 1. The number of aliphatic hydroxyl groups excluding tert-OH is 2. The summed E-state index contributed by atoms with van der Waals surface area (Å²) in [6.07, 6.45) is 50.6. The molecule has 0 heterocycles. The molecule has 10 heteroatoms. The van der Waals surface area contributed by atoms with E-state index in [4.69, 9.17) is 14.8 Å². The summed E-state index contributed by atoms with van der Waals surface area (Å²) in [6.45, 7) is 3.94. The monoisotopic (exact) mass is 839 g/mol. The zero-order valence-electron chi connectivity index (χ0n) is 37.4. The van der Waals surface area contributed by atoms with Crippen LogP contribution in [0, 0.1) is 0 Å². The first-order valence-corrected chi connectivity index (χ1v) is 25.3. The van der Waals surface area contributed by atoms with Gasteiger partial charge in [-0.2, -0.15) is 0 Å². The van der Waals surface area contributed by atoms with Gasteiger partial charge in [-0.3, -0.25) is 13.8 Å². The Morgan fingerprint density at radius 3 is 1.53 bits per heavy atom. The molecule has 0 aliphatic carbocycles. The molecule has 0 bridgehead atoms. The lowest BCUT2D eigenvalue weighted by Crippen LogP contribution is -2.46. The maximum Gasteiger partial charge on any atom is 0.472 e. The average molecular weight is 839 g/mol. The van der Waals surface area contributed by atoms with Crippen molar-refractivity contribution in [2.75, 3.05) is 19.8 Å². The van der Waals surface area contributed by atoms with Crippen molar-refractivity contribution in [3.63, 3.8) is 0 Å². The molecule has 1 amide bonds. The number of aliphatic hydroxyl groups is 2. The third-order valence-electron chi connectivity index (χ3n) is 10.4. The quantitative estimate of drug-likeness (QED) is 0.0231. The highest BCUT2D eigenvalue weighted by Gasteiger charge is 2.27. The van der Waals surface area contributed by atoms with Crippen molar-refractivity contribution in [3.05, 3.63) is 48.6 Å². The van der Waals surface area contributed by atoms with Crippen LogP contribution in [0.3, 0.4) is 0 Å². The van der Waals surface area contributed by atoms with Crippen molar-refractivity contribution in [1.82, 2.24) is 5.32 Å². The van der Waals surface area contributed by atoms with Crippen LogP contribution in [0.5, 0.6) is 0 Å². The van der Waals surface area contributed by atoms with Gasteiger partial charge >= 0.3 is 7.82 Å². The van der Waals surface area contributed by atoms with E-state index in [1.54, 1.807) is 6.08 Å². The van der Waals surface area contributed by atoms with Gasteiger partial charge in [0.15, 0.2) is 0 Å². The fourth-order valence-corrected chi connectivity index (χ4v) is 7.57. The molecule has 0 aromatic rings. The number of hydrogen-bond acceptors (Lipinski definition) is 7. The third kappa shape index (κ3) is 41.2. The van der Waals surface area contributed by atoms with Crippen LogP contribution in [-0.2, 0) is 18.4 Å². The van der Waals surface area contributed by atoms with Gasteiger partial charge in [0.2, 0.25) is 5.91 Å². The lowest BCUT2D eigenvalue weighted by Gasteiger charge is -2.24. The topological polar surface area (TPSA) is 151 Å². The Hall–Kier alpha value is -1.58. The Labute approximate surface area is 356 Å². The Morgan fingerprint density at radius 2 is 1.03 bits per heavy atom. The van der Waals surface area contributed by atoms with E-state index in [0.29, 0.717) is 12.8 Å². The number of phosphoric ester groups is 1. The highest BCUT2D eigenvalue weighted by atomic mass is 31.2. The van der Waals surface area contributed by atoms with E-state index in [1.165, 1.54) is 122 Å². The SMILES string of the molecule is CCCCCCCCCCC/C=C\C/C=C\CCCCCCCC(O)CC(=O)NC(COP(=O)(O)OCCN)C(O)/C=C/CC/C=C/CCCCCCCCCCC. The summed E-state index contributed by atoms with van der Waals surface area (Å²) in [6, 6.07) is -1.00. The van der Waals surface area contributed by atoms with Gasteiger partial charge < -0.3 is 26.2 Å². The van der Waals surface area contributed by atoms with Gasteiger partial charge in [-0.1, -0.05) is 191 Å². The van der Waals surface area contributed by atoms with Crippen molar-refractivity contribution >= 4 is 13.7 Å². The van der Waals surface area contributed by atoms with Crippen LogP contribution in [0.4, 0.5) is 0 Å². The van der Waals surface area contributed by atoms with Crippen molar-refractivity contribution in [3.8, 4) is 0 Å². The molecule has 0 rings (SSSR count). The van der Waals surface area contributed by atoms with Gasteiger partial charge in [0.1, 0.15) is 0 Å². The summed E-state index contributed by atoms with van der Waals surface area (Å²) in [4.78, 5) is 22.8. The van der Waals surface area contributed by atoms with Crippen LogP contribution < -0.4 is 11.1 Å². The highest BCUT2D eigenvalue weighted by molar-refractivity contribution is 7.47. The summed E-state index contributed by atoms with van der Waals surface area (Å²) in [5, 5.41) is 24.1. The van der Waals surface area contributed by atoms with Crippen molar-refractivity contribution in [1.29, 1.82) is 0 Å². The number of carbonyl (C=O) groups excluding carboxylic acids is 1. The minimum absolute atomic E-state index is 0.0415. The molecule has 0 fully saturated rings. The smallest absolute Gasteiger partial charge is 0.393 e. The molecule has 340 valence electrons. The maximum atomic E-state index is 12.8. The van der Waals surface area contributed by atoms with Gasteiger partial charge in [-0.05, 0) is 64.2 Å². The number of hydrogen-bond donors (Lipinski definition) is 5. The normalized spacial score (nSPS) is 14.9. The third-order valence-corrected chi connectivity index (χ3v) is 11.4. The van der Waals surface area contributed by atoms with Crippen LogP contribution >= 0.6 is 7.82 Å². The second-order valence-electron chi connectivity index (χ2n) is 16.1. The zero-order chi connectivity index (χ0) is 42.6. The molecule has 0 saturated heterocycles. The van der Waals surface area contributed by atoms with E-state index in [9.17, 15) is 24.5 Å². The predicted molar refractivity (Wildman–Crippen MR) is 246 cm³/mol. The molecule has 0 aromatic heterocycles. The zero-order valence-corrected chi connectivity index (χ0v) is 38.3. The van der Waals surface area contributed by atoms with E-state index in [-0.39, 0.29) is 19.6 Å². The average Bonchev–Trinajstić information content (AvgIpc) is 3.20. The molecular weight excluding hydrogens is 748 g/mol. The standard InChI is InChI=1S/C48H91N2O7P/c1-3-5-7-9-11-13-15-17-19-20-21-22-23-24-26-27-29-31-33-35-37-39-45(51)43-48(53)50-46(44-57-58(54,55)56-42-41-49)47(52)40-38-36-34-32-30-28-25-18-16-14-12-10-8-6-4-2/h21-22,24,26,30,32,38,40,45-47,51-52H,3-20,23,25,27-29,31,33-37,39,41-44,49H2,1-2H3,(H,50,53)(H,54,55)/b22-21-,26-24-,32-30+,40-38+. The molecule has 9 nitrogen and oxygen atoms in total. The Bertz CT molecular complexity index is 1070. The molecule has 0 radical (unpaired) electrons. The van der Waals surface area contributed by atoms with Crippen molar-refractivity contribution in [2.24, 2.45) is 5.73 Å². The van der Waals surface area contributed by atoms with Crippen LogP contribution in [0.1, 0.15) is 213 Å². The molecule has 6 N–H and O–H groups in total. The number of amides is 1. The second kappa shape index (κ2) is 43.5. The minimum atomic E-state index is -4.41. The summed E-state index contributed by atoms with van der Waals surface area (Å²) < 4.78 is 22.1. The van der Waals surface area contributed by atoms with Crippen LogP contribution in [-0.4, -0.2) is 59.0 Å². The molecule has 58 heavy (non-hydrogen) atoms. The Morgan fingerprint density at radius 1 is 0.603 bits per heavy atom. The number of rotatable bonds is 44. The number of carbonyl (C=O) groups is 1. The molecular formula is C48H91N2O7P. The molecule has 0 spiro atoms. The van der Waals surface area contributed by atoms with E-state index >= 15 is 0 Å². The van der Waals surface area contributed by atoms with E-state index in [1.807, 2.05) is 6.08 Å². The molecule has 4 atom stereocenters. The number of allylic oxidation sites excluding steroid dienone is 7. The molecule has 0 aliphatic heterocycles. The Balaban J connectivity index is 4.30. The van der Waals surface area contributed by atoms with E-state index < -0.39 is 38.6 Å². The van der Waals surface area contributed by atoms with Gasteiger partial charge in [0.05, 0.1) is 37.9 Å². The maximum absolute atomic E-state index is 12.8. The summed E-state index contributed by atoms with van der Waals surface area (Å²) >= 11 is 0. The number of unbranched alkanes of at least 4 members (excludes halogenated alkanes) is 24. The summed E-state index contributed by atoms with van der Waals surface area (Å²) in [7, 11) is -4.41. The van der Waals surface area contributed by atoms with Gasteiger partial charge in [-0.25, -0.2) is 4.57 Å². The van der Waals surface area contributed by atoms with Crippen LogP contribution in [0.25, 0.3) is 0 Å². The first-order valence-electron chi connectivity index (χ1n) is 23.8. The van der Waals surface area contributed by atoms with Gasteiger partial charge in [0.25, 0.3) is 0 Å². The van der Waals surface area contributed by atoms with E-state index in [0.717, 1.165) is 57.8 Å². The second-order valence-corrected chi connectivity index (χ2v) is 17.6. The van der Waals surface area contributed by atoms with Crippen LogP contribution in [0.15, 0.2) is 48.6 Å².